The average Bonchev–Trinajstić information content (AvgIpc) is 2.50. The summed E-state index contributed by atoms with van der Waals surface area (Å²) in [5.41, 5.74) is 2.95. The number of aryl methyl sites for hydroxylation is 1. The van der Waals surface area contributed by atoms with Gasteiger partial charge >= 0.3 is 0 Å². The second kappa shape index (κ2) is 9.93. The van der Waals surface area contributed by atoms with Gasteiger partial charge in [0.05, 0.1) is 6.54 Å². The van der Waals surface area contributed by atoms with Crippen LogP contribution >= 0.6 is 0 Å². The van der Waals surface area contributed by atoms with Crippen LogP contribution in [0.4, 0.5) is 0 Å². The van der Waals surface area contributed by atoms with E-state index in [9.17, 15) is 4.79 Å². The van der Waals surface area contributed by atoms with Crippen LogP contribution in [0.1, 0.15) is 45.7 Å². The zero-order valence-electron chi connectivity index (χ0n) is 15.8. The number of carbonyl (C=O) groups is 1. The molecular weight excluding hydrogens is 310 g/mol. The van der Waals surface area contributed by atoms with Crippen LogP contribution in [-0.4, -0.2) is 55.0 Å². The number of carbonyl (C=O) groups excluding carboxylic acids is 1. The molecule has 0 radical (unpaired) electrons. The lowest BCUT2D eigenvalue weighted by molar-refractivity contribution is -0.122. The van der Waals surface area contributed by atoms with Crippen molar-refractivity contribution in [1.29, 1.82) is 0 Å². The van der Waals surface area contributed by atoms with E-state index in [0.29, 0.717) is 6.54 Å². The minimum absolute atomic E-state index is 0. The molecule has 1 aromatic carbocycles. The summed E-state index contributed by atoms with van der Waals surface area (Å²) in [5.74, 6) is 0.159. The minimum Gasteiger partial charge on any atom is -0.355 e. The summed E-state index contributed by atoms with van der Waals surface area (Å²) in [5, 5.41) is 3.05. The van der Waals surface area contributed by atoms with Gasteiger partial charge in [-0.15, -0.1) is 0 Å². The molecule has 0 aromatic heterocycles. The number of nitrogens with one attached hydrogen (secondary N) is 1. The highest BCUT2D eigenvalue weighted by atomic mass is 16.2. The topological polar surface area (TPSA) is 35.6 Å². The fourth-order valence-electron chi connectivity index (χ4n) is 2.89. The lowest BCUT2D eigenvalue weighted by Crippen LogP contribution is -2.49. The Balaban J connectivity index is 0.00000312. The zero-order chi connectivity index (χ0) is 17.6. The van der Waals surface area contributed by atoms with E-state index in [1.165, 1.54) is 11.1 Å². The van der Waals surface area contributed by atoms with Crippen molar-refractivity contribution in [2.45, 2.75) is 48.1 Å². The van der Waals surface area contributed by atoms with Crippen LogP contribution in [0, 0.1) is 12.3 Å². The van der Waals surface area contributed by atoms with Crippen LogP contribution in [0.15, 0.2) is 24.3 Å². The number of amides is 1. The van der Waals surface area contributed by atoms with Gasteiger partial charge in [0.1, 0.15) is 0 Å². The molecule has 1 N–H and O–H groups in total. The quantitative estimate of drug-likeness (QED) is 0.858. The van der Waals surface area contributed by atoms with Gasteiger partial charge in [0.2, 0.25) is 5.91 Å². The van der Waals surface area contributed by atoms with Gasteiger partial charge in [-0.3, -0.25) is 14.6 Å². The predicted molar refractivity (Wildman–Crippen MR) is 107 cm³/mol. The molecule has 1 fully saturated rings. The second-order valence-corrected chi connectivity index (χ2v) is 8.20. The summed E-state index contributed by atoms with van der Waals surface area (Å²) in [6.45, 7) is 15.0. The van der Waals surface area contributed by atoms with Crippen molar-refractivity contribution in [2.24, 2.45) is 5.41 Å². The minimum atomic E-state index is 0. The Morgan fingerprint density at radius 1 is 1.04 bits per heavy atom. The Morgan fingerprint density at radius 2 is 1.60 bits per heavy atom. The van der Waals surface area contributed by atoms with E-state index in [-0.39, 0.29) is 18.7 Å². The largest absolute Gasteiger partial charge is 0.355 e. The van der Waals surface area contributed by atoms with Crippen LogP contribution in [-0.2, 0) is 11.3 Å². The Hall–Kier alpha value is -1.39. The normalized spacial score (nSPS) is 16.3. The van der Waals surface area contributed by atoms with Crippen molar-refractivity contribution < 1.29 is 4.79 Å². The third kappa shape index (κ3) is 8.50. The molecule has 1 aliphatic heterocycles. The van der Waals surface area contributed by atoms with E-state index in [0.717, 1.165) is 45.7 Å². The van der Waals surface area contributed by atoms with Gasteiger partial charge in [0.25, 0.3) is 0 Å². The number of hydrogen-bond donors (Lipinski definition) is 1. The average molecular weight is 348 g/mol. The highest BCUT2D eigenvalue weighted by Crippen LogP contribution is 2.16. The van der Waals surface area contributed by atoms with Gasteiger partial charge in [0.15, 0.2) is 0 Å². The molecule has 0 atom stereocenters. The molecular formula is C21H37N3O. The van der Waals surface area contributed by atoms with E-state index >= 15 is 0 Å². The SMILES string of the molecule is C.Cc1ccc(CN2CCN(CC(=O)NCCC(C)(C)C)CC2)cc1. The second-order valence-electron chi connectivity index (χ2n) is 8.20. The molecule has 1 saturated heterocycles. The lowest BCUT2D eigenvalue weighted by atomic mass is 9.92. The highest BCUT2D eigenvalue weighted by Gasteiger charge is 2.19. The molecule has 1 aromatic rings. The van der Waals surface area contributed by atoms with Crippen LogP contribution < -0.4 is 5.32 Å². The summed E-state index contributed by atoms with van der Waals surface area (Å²) in [6.07, 6.45) is 1.02. The van der Waals surface area contributed by atoms with Crippen molar-refractivity contribution in [3.63, 3.8) is 0 Å². The van der Waals surface area contributed by atoms with Gasteiger partial charge < -0.3 is 5.32 Å². The van der Waals surface area contributed by atoms with E-state index in [2.05, 4.69) is 67.1 Å². The fourth-order valence-corrected chi connectivity index (χ4v) is 2.89. The molecule has 142 valence electrons. The zero-order valence-corrected chi connectivity index (χ0v) is 15.8. The maximum absolute atomic E-state index is 12.0. The van der Waals surface area contributed by atoms with Crippen LogP contribution in [0.5, 0.6) is 0 Å². The molecule has 4 nitrogen and oxygen atoms in total. The lowest BCUT2D eigenvalue weighted by Gasteiger charge is -2.34. The van der Waals surface area contributed by atoms with Crippen LogP contribution in [0.3, 0.4) is 0 Å². The molecule has 0 unspecified atom stereocenters. The number of hydrogen-bond acceptors (Lipinski definition) is 3. The standard InChI is InChI=1S/C20H33N3O.CH4/c1-17-5-7-18(8-6-17)15-22-11-13-23(14-12-22)16-19(24)21-10-9-20(2,3)4;/h5-8H,9-16H2,1-4H3,(H,21,24);1H4. The Kier molecular flexibility index (Phi) is 8.60. The number of piperazine rings is 1. The molecule has 0 spiro atoms. The first-order chi connectivity index (χ1) is 11.3. The maximum Gasteiger partial charge on any atom is 0.234 e. The smallest absolute Gasteiger partial charge is 0.234 e. The number of nitrogens with zero attached hydrogens (tertiary/aromatic N) is 2. The third-order valence-corrected chi connectivity index (χ3v) is 4.56. The van der Waals surface area contributed by atoms with E-state index in [1.807, 2.05) is 0 Å². The number of benzene rings is 1. The highest BCUT2D eigenvalue weighted by molar-refractivity contribution is 5.77. The van der Waals surface area contributed by atoms with Gasteiger partial charge in [0, 0.05) is 39.3 Å². The molecule has 0 aliphatic carbocycles. The molecule has 1 heterocycles. The van der Waals surface area contributed by atoms with E-state index in [4.69, 9.17) is 0 Å². The summed E-state index contributed by atoms with van der Waals surface area (Å²) in [7, 11) is 0. The Labute approximate surface area is 154 Å². The van der Waals surface area contributed by atoms with Gasteiger partial charge in [-0.1, -0.05) is 58.0 Å². The van der Waals surface area contributed by atoms with Crippen LogP contribution in [0.25, 0.3) is 0 Å². The summed E-state index contributed by atoms with van der Waals surface area (Å²) in [6, 6.07) is 8.77. The van der Waals surface area contributed by atoms with Gasteiger partial charge in [-0.2, -0.15) is 0 Å². The van der Waals surface area contributed by atoms with Gasteiger partial charge in [-0.25, -0.2) is 0 Å². The van der Waals surface area contributed by atoms with Crippen molar-refractivity contribution in [3.05, 3.63) is 35.4 Å². The summed E-state index contributed by atoms with van der Waals surface area (Å²) >= 11 is 0. The molecule has 0 bridgehead atoms. The van der Waals surface area contributed by atoms with Crippen molar-refractivity contribution in [3.8, 4) is 0 Å². The maximum atomic E-state index is 12.0. The fraction of sp³-hybridized carbons (Fsp3) is 0.667. The molecule has 25 heavy (non-hydrogen) atoms. The summed E-state index contributed by atoms with van der Waals surface area (Å²) < 4.78 is 0. The third-order valence-electron chi connectivity index (χ3n) is 4.56. The predicted octanol–water partition coefficient (Wildman–Crippen LogP) is 3.30. The first-order valence-electron chi connectivity index (χ1n) is 9.09. The number of rotatable bonds is 6. The van der Waals surface area contributed by atoms with Crippen molar-refractivity contribution in [1.82, 2.24) is 15.1 Å². The molecule has 1 aliphatic rings. The molecule has 1 amide bonds. The monoisotopic (exact) mass is 347 g/mol. The van der Waals surface area contributed by atoms with Gasteiger partial charge in [-0.05, 0) is 24.3 Å². The molecule has 4 heteroatoms. The van der Waals surface area contributed by atoms with E-state index < -0.39 is 0 Å². The Bertz CT molecular complexity index is 511. The Morgan fingerprint density at radius 3 is 2.16 bits per heavy atom. The van der Waals surface area contributed by atoms with Crippen molar-refractivity contribution >= 4 is 5.91 Å². The first-order valence-corrected chi connectivity index (χ1v) is 9.09. The molecule has 0 saturated carbocycles. The van der Waals surface area contributed by atoms with Crippen molar-refractivity contribution in [2.75, 3.05) is 39.3 Å². The van der Waals surface area contributed by atoms with E-state index in [1.54, 1.807) is 0 Å². The summed E-state index contributed by atoms with van der Waals surface area (Å²) in [4.78, 5) is 16.8. The molecule has 2 rings (SSSR count). The van der Waals surface area contributed by atoms with Crippen LogP contribution in [0.2, 0.25) is 0 Å². The first kappa shape index (κ1) is 21.7.